The average Bonchev–Trinajstić information content (AvgIpc) is 2.86. The van der Waals surface area contributed by atoms with Gasteiger partial charge in [-0.3, -0.25) is 15.0 Å². The molecular formula is C27H30ClN5O3. The molecule has 0 aliphatic heterocycles. The number of amides is 2. The van der Waals surface area contributed by atoms with Gasteiger partial charge in [0.1, 0.15) is 5.84 Å². The molecule has 2 amide bonds. The van der Waals surface area contributed by atoms with Gasteiger partial charge in [0.25, 0.3) is 5.91 Å². The van der Waals surface area contributed by atoms with Gasteiger partial charge in [-0.2, -0.15) is 0 Å². The van der Waals surface area contributed by atoms with Crippen LogP contribution in [0.3, 0.4) is 0 Å². The van der Waals surface area contributed by atoms with Crippen LogP contribution in [0.15, 0.2) is 66.7 Å². The van der Waals surface area contributed by atoms with Gasteiger partial charge in [0, 0.05) is 54.6 Å². The molecule has 0 saturated carbocycles. The summed E-state index contributed by atoms with van der Waals surface area (Å²) in [4.78, 5) is 26.5. The second kappa shape index (κ2) is 12.7. The van der Waals surface area contributed by atoms with Crippen molar-refractivity contribution in [1.82, 2.24) is 5.32 Å². The Morgan fingerprint density at radius 3 is 2.53 bits per heavy atom. The number of rotatable bonds is 11. The predicted molar refractivity (Wildman–Crippen MR) is 144 cm³/mol. The van der Waals surface area contributed by atoms with Crippen molar-refractivity contribution in [3.8, 4) is 0 Å². The summed E-state index contributed by atoms with van der Waals surface area (Å²) >= 11 is 6.15. The van der Waals surface area contributed by atoms with E-state index in [9.17, 15) is 9.59 Å². The third-order valence-electron chi connectivity index (χ3n) is 5.51. The number of carbonyl (C=O) groups is 2. The number of hydrogen-bond acceptors (Lipinski definition) is 5. The Labute approximate surface area is 215 Å². The van der Waals surface area contributed by atoms with Gasteiger partial charge >= 0.3 is 0 Å². The van der Waals surface area contributed by atoms with Crippen LogP contribution in [-0.2, 0) is 22.6 Å². The van der Waals surface area contributed by atoms with E-state index < -0.39 is 0 Å². The van der Waals surface area contributed by atoms with Crippen molar-refractivity contribution >= 4 is 40.6 Å². The zero-order valence-corrected chi connectivity index (χ0v) is 21.1. The smallest absolute Gasteiger partial charge is 0.251 e. The highest BCUT2D eigenvalue weighted by atomic mass is 35.5. The minimum atomic E-state index is -0.174. The van der Waals surface area contributed by atoms with Crippen LogP contribution in [0.5, 0.6) is 0 Å². The van der Waals surface area contributed by atoms with Gasteiger partial charge in [-0.05, 0) is 47.5 Å². The van der Waals surface area contributed by atoms with E-state index in [0.29, 0.717) is 41.5 Å². The molecule has 0 fully saturated rings. The third kappa shape index (κ3) is 7.31. The van der Waals surface area contributed by atoms with Crippen LogP contribution in [0.4, 0.5) is 11.4 Å². The largest absolute Gasteiger partial charge is 0.384 e. The summed E-state index contributed by atoms with van der Waals surface area (Å²) in [5, 5.41) is 14.6. The Morgan fingerprint density at radius 1 is 1.06 bits per heavy atom. The summed E-state index contributed by atoms with van der Waals surface area (Å²) in [5.41, 5.74) is 9.97. The molecule has 3 aromatic carbocycles. The fourth-order valence-electron chi connectivity index (χ4n) is 3.63. The number of nitrogen functional groups attached to an aromatic ring is 1. The Hall–Kier alpha value is -3.88. The van der Waals surface area contributed by atoms with Crippen molar-refractivity contribution < 1.29 is 14.3 Å². The summed E-state index contributed by atoms with van der Waals surface area (Å²) in [6.45, 7) is 3.08. The highest BCUT2D eigenvalue weighted by Crippen LogP contribution is 2.26. The van der Waals surface area contributed by atoms with Crippen molar-refractivity contribution in [2.75, 3.05) is 30.5 Å². The third-order valence-corrected chi connectivity index (χ3v) is 5.75. The average molecular weight is 508 g/mol. The fourth-order valence-corrected chi connectivity index (χ4v) is 3.82. The van der Waals surface area contributed by atoms with Crippen molar-refractivity contribution in [3.63, 3.8) is 0 Å². The quantitative estimate of drug-likeness (QED) is 0.176. The van der Waals surface area contributed by atoms with Gasteiger partial charge in [-0.25, -0.2) is 0 Å². The SMILES string of the molecule is COCCNC(=O)c1cccc(CNc2cc(C(=N)N)ccc2CN(C(C)=O)c2cccc(Cl)c2)c1. The second-order valence-corrected chi connectivity index (χ2v) is 8.61. The lowest BCUT2D eigenvalue weighted by Gasteiger charge is -2.24. The van der Waals surface area contributed by atoms with Gasteiger partial charge < -0.3 is 26.0 Å². The molecule has 0 heterocycles. The van der Waals surface area contributed by atoms with Crippen LogP contribution in [0.2, 0.25) is 5.02 Å². The topological polar surface area (TPSA) is 121 Å². The summed E-state index contributed by atoms with van der Waals surface area (Å²) in [5.74, 6) is -0.365. The van der Waals surface area contributed by atoms with Gasteiger partial charge in [0.15, 0.2) is 0 Å². The maximum Gasteiger partial charge on any atom is 0.251 e. The maximum absolute atomic E-state index is 12.5. The first-order chi connectivity index (χ1) is 17.3. The first-order valence-electron chi connectivity index (χ1n) is 11.4. The van der Waals surface area contributed by atoms with Crippen molar-refractivity contribution in [2.24, 2.45) is 5.73 Å². The lowest BCUT2D eigenvalue weighted by atomic mass is 10.1. The molecule has 0 atom stereocenters. The van der Waals surface area contributed by atoms with Crippen LogP contribution in [-0.4, -0.2) is 37.9 Å². The number of methoxy groups -OCH3 is 1. The molecule has 5 N–H and O–H groups in total. The second-order valence-electron chi connectivity index (χ2n) is 8.17. The lowest BCUT2D eigenvalue weighted by Crippen LogP contribution is -2.28. The number of benzene rings is 3. The Kier molecular flexibility index (Phi) is 9.44. The Bertz CT molecular complexity index is 1250. The Balaban J connectivity index is 1.83. The molecule has 0 radical (unpaired) electrons. The molecule has 3 aromatic rings. The number of anilines is 2. The zero-order chi connectivity index (χ0) is 26.1. The van der Waals surface area contributed by atoms with Crippen LogP contribution in [0, 0.1) is 5.41 Å². The van der Waals surface area contributed by atoms with Crippen molar-refractivity contribution in [2.45, 2.75) is 20.0 Å². The maximum atomic E-state index is 12.5. The van der Waals surface area contributed by atoms with Crippen LogP contribution in [0.25, 0.3) is 0 Å². The highest BCUT2D eigenvalue weighted by Gasteiger charge is 2.16. The van der Waals surface area contributed by atoms with E-state index in [1.807, 2.05) is 30.3 Å². The number of halogens is 1. The molecule has 0 saturated heterocycles. The van der Waals surface area contributed by atoms with Crippen LogP contribution in [0.1, 0.15) is 34.0 Å². The molecule has 0 aliphatic carbocycles. The zero-order valence-electron chi connectivity index (χ0n) is 20.3. The first-order valence-corrected chi connectivity index (χ1v) is 11.8. The molecular weight excluding hydrogens is 478 g/mol. The number of carbonyl (C=O) groups excluding carboxylic acids is 2. The van der Waals surface area contributed by atoms with E-state index in [1.54, 1.807) is 48.4 Å². The van der Waals surface area contributed by atoms with Crippen LogP contribution >= 0.6 is 11.6 Å². The van der Waals surface area contributed by atoms with Gasteiger partial charge in [-0.15, -0.1) is 0 Å². The standard InChI is InChI=1S/C27H30ClN5O3/c1-18(34)33(24-8-4-7-23(28)15-24)17-22-10-9-20(26(29)30)14-25(22)32-16-19-5-3-6-21(13-19)27(35)31-11-12-36-2/h3-10,13-15,32H,11-12,16-17H2,1-2H3,(H3,29,30)(H,31,35). The molecule has 0 spiro atoms. The molecule has 3 rings (SSSR count). The monoisotopic (exact) mass is 507 g/mol. The van der Waals surface area contributed by atoms with E-state index >= 15 is 0 Å². The normalized spacial score (nSPS) is 10.5. The molecule has 188 valence electrons. The van der Waals surface area contributed by atoms with Gasteiger partial charge in [0.2, 0.25) is 5.91 Å². The fraction of sp³-hybridized carbons (Fsp3) is 0.222. The van der Waals surface area contributed by atoms with Gasteiger partial charge in [0.05, 0.1) is 13.2 Å². The number of nitrogens with one attached hydrogen (secondary N) is 3. The molecule has 0 aliphatic rings. The number of nitrogens with two attached hydrogens (primary N) is 1. The van der Waals surface area contributed by atoms with E-state index in [1.165, 1.54) is 6.92 Å². The summed E-state index contributed by atoms with van der Waals surface area (Å²) in [7, 11) is 1.58. The highest BCUT2D eigenvalue weighted by molar-refractivity contribution is 6.30. The molecule has 8 nitrogen and oxygen atoms in total. The van der Waals surface area contributed by atoms with E-state index in [0.717, 1.165) is 16.8 Å². The summed E-state index contributed by atoms with van der Waals surface area (Å²) in [6.07, 6.45) is 0. The van der Waals surface area contributed by atoms with Crippen molar-refractivity contribution in [3.05, 3.63) is 94.0 Å². The molecule has 0 aromatic heterocycles. The molecule has 0 bridgehead atoms. The number of amidine groups is 1. The predicted octanol–water partition coefficient (Wildman–Crippen LogP) is 4.17. The van der Waals surface area contributed by atoms with E-state index in [4.69, 9.17) is 27.5 Å². The number of nitrogens with zero attached hydrogens (tertiary/aromatic N) is 1. The van der Waals surface area contributed by atoms with E-state index in [2.05, 4.69) is 10.6 Å². The Morgan fingerprint density at radius 2 is 1.83 bits per heavy atom. The summed E-state index contributed by atoms with van der Waals surface area (Å²) in [6, 6.07) is 19.8. The summed E-state index contributed by atoms with van der Waals surface area (Å²) < 4.78 is 4.97. The minimum absolute atomic E-state index is 0.0578. The van der Waals surface area contributed by atoms with Gasteiger partial charge in [-0.1, -0.05) is 41.9 Å². The van der Waals surface area contributed by atoms with Crippen LogP contribution < -0.4 is 21.3 Å². The molecule has 0 unspecified atom stereocenters. The lowest BCUT2D eigenvalue weighted by molar-refractivity contribution is -0.116. The molecule has 9 heteroatoms. The van der Waals surface area contributed by atoms with Crippen molar-refractivity contribution in [1.29, 1.82) is 5.41 Å². The first kappa shape index (κ1) is 26.7. The number of hydrogen-bond donors (Lipinski definition) is 4. The minimum Gasteiger partial charge on any atom is -0.384 e. The number of ether oxygens (including phenoxy) is 1. The molecule has 36 heavy (non-hydrogen) atoms. The van der Waals surface area contributed by atoms with E-state index in [-0.39, 0.29) is 24.2 Å².